The first-order chi connectivity index (χ1) is 16.9. The maximum Gasteiger partial charge on any atom is 0.219 e. The normalized spacial score (nSPS) is 26.7. The molecular formula is C27H31ClN2O5. The largest absolute Gasteiger partial charge is 0.388 e. The highest BCUT2D eigenvalue weighted by Gasteiger charge is 2.45. The van der Waals surface area contributed by atoms with Gasteiger partial charge >= 0.3 is 0 Å². The molecule has 0 radical (unpaired) electrons. The Balaban J connectivity index is 1.47. The summed E-state index contributed by atoms with van der Waals surface area (Å²) in [5, 5.41) is 36.0. The van der Waals surface area contributed by atoms with Crippen molar-refractivity contribution in [3.8, 4) is 0 Å². The third-order valence-electron chi connectivity index (χ3n) is 7.09. The summed E-state index contributed by atoms with van der Waals surface area (Å²) in [5.41, 5.74) is 4.25. The molecular weight excluding hydrogens is 468 g/mol. The third-order valence-corrected chi connectivity index (χ3v) is 7.41. The van der Waals surface area contributed by atoms with Gasteiger partial charge in [0.2, 0.25) is 5.91 Å². The van der Waals surface area contributed by atoms with Crippen LogP contribution in [0, 0.1) is 0 Å². The van der Waals surface area contributed by atoms with Crippen LogP contribution in [0.1, 0.15) is 55.0 Å². The van der Waals surface area contributed by atoms with E-state index in [4.69, 9.17) is 16.3 Å². The summed E-state index contributed by atoms with van der Waals surface area (Å²) in [6.07, 6.45) is -0.653. The summed E-state index contributed by atoms with van der Waals surface area (Å²) in [7, 11) is 0. The van der Waals surface area contributed by atoms with Crippen LogP contribution in [0.4, 0.5) is 0 Å². The summed E-state index contributed by atoms with van der Waals surface area (Å²) >= 11 is 6.62. The molecule has 0 spiro atoms. The molecule has 0 unspecified atom stereocenters. The molecule has 5 atom stereocenters. The Labute approximate surface area is 209 Å². The van der Waals surface area contributed by atoms with Crippen molar-refractivity contribution in [1.29, 1.82) is 0 Å². The molecule has 1 saturated heterocycles. The van der Waals surface area contributed by atoms with Gasteiger partial charge in [0.05, 0.1) is 10.5 Å². The number of ether oxygens (including phenoxy) is 1. The second-order valence-corrected chi connectivity index (χ2v) is 9.99. The molecule has 4 N–H and O–H groups in total. The molecule has 2 aromatic carbocycles. The predicted molar refractivity (Wildman–Crippen MR) is 133 cm³/mol. The van der Waals surface area contributed by atoms with E-state index in [1.807, 2.05) is 24.4 Å². The van der Waals surface area contributed by atoms with Gasteiger partial charge < -0.3 is 29.9 Å². The summed E-state index contributed by atoms with van der Waals surface area (Å²) in [6.45, 7) is 1.75. The van der Waals surface area contributed by atoms with Crippen molar-refractivity contribution < 1.29 is 24.9 Å². The van der Waals surface area contributed by atoms with E-state index < -0.39 is 30.6 Å². The number of aromatic nitrogens is 1. The fraction of sp³-hybridized carbons (Fsp3) is 0.444. The zero-order valence-electron chi connectivity index (χ0n) is 19.6. The molecule has 2 aliphatic rings. The number of hydrogen-bond acceptors (Lipinski definition) is 5. The molecule has 2 fully saturated rings. The van der Waals surface area contributed by atoms with Crippen LogP contribution in [0.25, 0.3) is 10.9 Å². The Bertz CT molecular complexity index is 1210. The van der Waals surface area contributed by atoms with Gasteiger partial charge in [-0.25, -0.2) is 0 Å². The van der Waals surface area contributed by atoms with Crippen LogP contribution in [0.3, 0.4) is 0 Å². The monoisotopic (exact) mass is 498 g/mol. The Hall–Kier alpha value is -2.42. The van der Waals surface area contributed by atoms with Gasteiger partial charge in [-0.05, 0) is 54.0 Å². The smallest absolute Gasteiger partial charge is 0.219 e. The number of amides is 1. The number of aliphatic hydroxyl groups is 3. The van der Waals surface area contributed by atoms with Crippen LogP contribution < -0.4 is 5.32 Å². The van der Waals surface area contributed by atoms with Crippen LogP contribution in [-0.4, -0.2) is 56.8 Å². The van der Waals surface area contributed by atoms with Gasteiger partial charge in [-0.2, -0.15) is 0 Å². The van der Waals surface area contributed by atoms with Crippen LogP contribution in [0.2, 0.25) is 5.02 Å². The molecule has 1 saturated carbocycles. The van der Waals surface area contributed by atoms with Crippen molar-refractivity contribution in [2.75, 3.05) is 6.54 Å². The summed E-state index contributed by atoms with van der Waals surface area (Å²) in [4.78, 5) is 11.7. The summed E-state index contributed by atoms with van der Waals surface area (Å²) < 4.78 is 7.84. The maximum atomic E-state index is 11.7. The minimum absolute atomic E-state index is 0.0221. The van der Waals surface area contributed by atoms with E-state index in [0.717, 1.165) is 22.0 Å². The van der Waals surface area contributed by atoms with E-state index in [9.17, 15) is 20.1 Å². The molecule has 2 heterocycles. The SMILES string of the molecule is CCC(=O)NC[C@H]1O[C@@H](n2cc(Cc3ccc(C4CC4)cc3)c3c(Cl)cccc32)[C@H](O)[C@@H](O)[C@@H]1O. The third kappa shape index (κ3) is 4.84. The number of aliphatic hydroxyl groups excluding tert-OH is 3. The van der Waals surface area contributed by atoms with E-state index in [1.54, 1.807) is 11.5 Å². The summed E-state index contributed by atoms with van der Waals surface area (Å²) in [5.74, 6) is 0.508. The van der Waals surface area contributed by atoms with Gasteiger partial charge in [-0.3, -0.25) is 4.79 Å². The van der Waals surface area contributed by atoms with Gasteiger partial charge in [0.25, 0.3) is 0 Å². The van der Waals surface area contributed by atoms with Gasteiger partial charge in [-0.15, -0.1) is 0 Å². The zero-order chi connectivity index (χ0) is 24.7. The fourth-order valence-corrected chi connectivity index (χ4v) is 5.20. The van der Waals surface area contributed by atoms with Crippen LogP contribution >= 0.6 is 11.6 Å². The Morgan fingerprint density at radius 2 is 1.83 bits per heavy atom. The van der Waals surface area contributed by atoms with Crippen LogP contribution in [-0.2, 0) is 16.0 Å². The van der Waals surface area contributed by atoms with E-state index in [-0.39, 0.29) is 12.5 Å². The average molecular weight is 499 g/mol. The fourth-order valence-electron chi connectivity index (χ4n) is 4.91. The minimum atomic E-state index is -1.44. The number of nitrogens with zero attached hydrogens (tertiary/aromatic N) is 1. The number of fused-ring (bicyclic) bond motifs is 1. The molecule has 1 amide bonds. The van der Waals surface area contributed by atoms with Crippen LogP contribution in [0.5, 0.6) is 0 Å². The Kier molecular flexibility index (Phi) is 6.88. The molecule has 5 rings (SSSR count). The number of rotatable bonds is 7. The van der Waals surface area contributed by atoms with Crippen molar-refractivity contribution >= 4 is 28.4 Å². The molecule has 8 heteroatoms. The van der Waals surface area contributed by atoms with E-state index in [1.165, 1.54) is 18.4 Å². The molecule has 1 aliphatic carbocycles. The van der Waals surface area contributed by atoms with Crippen molar-refractivity contribution in [2.45, 2.75) is 69.2 Å². The number of benzene rings is 2. The predicted octanol–water partition coefficient (Wildman–Crippen LogP) is 3.27. The van der Waals surface area contributed by atoms with Crippen molar-refractivity contribution in [2.24, 2.45) is 0 Å². The standard InChI is InChI=1S/C27H31ClN2O5/c1-2-22(31)29-13-21-24(32)25(33)26(34)27(35-21)30-14-18(23-19(28)4-3-5-20(23)30)12-15-6-8-16(9-7-15)17-10-11-17/h3-9,14,17,21,24-27,32-34H,2,10-13H2,1H3,(H,29,31)/t21-,24-,25+,26-,27-/m1/s1. The lowest BCUT2D eigenvalue weighted by Gasteiger charge is -2.41. The van der Waals surface area contributed by atoms with E-state index >= 15 is 0 Å². The lowest BCUT2D eigenvalue weighted by atomic mass is 9.97. The van der Waals surface area contributed by atoms with E-state index in [0.29, 0.717) is 23.8 Å². The highest BCUT2D eigenvalue weighted by atomic mass is 35.5. The quantitative estimate of drug-likeness (QED) is 0.400. The van der Waals surface area contributed by atoms with Crippen molar-refractivity contribution in [3.05, 3.63) is 70.4 Å². The number of halogens is 1. The molecule has 35 heavy (non-hydrogen) atoms. The zero-order valence-corrected chi connectivity index (χ0v) is 20.4. The second kappa shape index (κ2) is 9.91. The Morgan fingerprint density at radius 1 is 1.09 bits per heavy atom. The lowest BCUT2D eigenvalue weighted by molar-refractivity contribution is -0.242. The highest BCUT2D eigenvalue weighted by Crippen LogP contribution is 2.40. The van der Waals surface area contributed by atoms with E-state index in [2.05, 4.69) is 29.6 Å². The van der Waals surface area contributed by atoms with Crippen molar-refractivity contribution in [3.63, 3.8) is 0 Å². The molecule has 186 valence electrons. The first kappa shape index (κ1) is 24.3. The lowest BCUT2D eigenvalue weighted by Crippen LogP contribution is -2.58. The van der Waals surface area contributed by atoms with Crippen LogP contribution in [0.15, 0.2) is 48.7 Å². The number of hydrogen-bond donors (Lipinski definition) is 4. The first-order valence-electron chi connectivity index (χ1n) is 12.2. The number of carbonyl (C=O) groups is 1. The molecule has 1 aromatic heterocycles. The molecule has 1 aliphatic heterocycles. The Morgan fingerprint density at radius 3 is 2.51 bits per heavy atom. The summed E-state index contributed by atoms with van der Waals surface area (Å²) in [6, 6.07) is 14.2. The number of nitrogens with one attached hydrogen (secondary N) is 1. The maximum absolute atomic E-state index is 11.7. The highest BCUT2D eigenvalue weighted by molar-refractivity contribution is 6.35. The van der Waals surface area contributed by atoms with Gasteiger partial charge in [-0.1, -0.05) is 48.9 Å². The molecule has 0 bridgehead atoms. The average Bonchev–Trinajstić information content (AvgIpc) is 3.65. The molecule has 7 nitrogen and oxygen atoms in total. The van der Waals surface area contributed by atoms with Gasteiger partial charge in [0.1, 0.15) is 24.4 Å². The number of carbonyl (C=O) groups excluding carboxylic acids is 1. The molecule has 3 aromatic rings. The van der Waals surface area contributed by atoms with Gasteiger partial charge in [0, 0.05) is 24.5 Å². The second-order valence-electron chi connectivity index (χ2n) is 9.58. The van der Waals surface area contributed by atoms with Gasteiger partial charge in [0.15, 0.2) is 6.23 Å². The van der Waals surface area contributed by atoms with Crippen molar-refractivity contribution in [1.82, 2.24) is 9.88 Å². The minimum Gasteiger partial charge on any atom is -0.388 e. The first-order valence-corrected chi connectivity index (χ1v) is 12.6. The topological polar surface area (TPSA) is 104 Å².